The average molecular weight is 284 g/mol. The number of hydrogen-bond acceptors (Lipinski definition) is 4. The number of carbonyl (C=O) groups excluding carboxylic acids is 2. The van der Waals surface area contributed by atoms with E-state index < -0.39 is 29.4 Å². The summed E-state index contributed by atoms with van der Waals surface area (Å²) in [5.41, 5.74) is -0.794. The number of benzene rings is 1. The minimum atomic E-state index is -1.15. The molecule has 0 atom stereocenters. The van der Waals surface area contributed by atoms with Crippen LogP contribution in [0.25, 0.3) is 6.08 Å². The van der Waals surface area contributed by atoms with Crippen LogP contribution in [-0.4, -0.2) is 17.7 Å². The van der Waals surface area contributed by atoms with Gasteiger partial charge in [-0.1, -0.05) is 0 Å². The second-order valence-corrected chi connectivity index (χ2v) is 4.88. The lowest BCUT2D eigenvalue weighted by atomic mass is 10.2. The third kappa shape index (κ3) is 5.60. The zero-order valence-corrected chi connectivity index (χ0v) is 11.3. The molecule has 108 valence electrons. The minimum Gasteiger partial charge on any atom is -0.428 e. The first-order chi connectivity index (χ1) is 9.17. The molecular formula is C14H14F2O4. The molecule has 0 aliphatic heterocycles. The Balaban J connectivity index is 2.62. The van der Waals surface area contributed by atoms with Crippen LogP contribution in [0, 0.1) is 11.6 Å². The van der Waals surface area contributed by atoms with E-state index in [2.05, 4.69) is 4.74 Å². The molecule has 1 rings (SSSR count). The van der Waals surface area contributed by atoms with Gasteiger partial charge in [-0.05, 0) is 39.0 Å². The first kappa shape index (κ1) is 15.8. The third-order valence-electron chi connectivity index (χ3n) is 1.93. The highest BCUT2D eigenvalue weighted by Gasteiger charge is 2.19. The van der Waals surface area contributed by atoms with Gasteiger partial charge in [-0.25, -0.2) is 18.4 Å². The molecule has 20 heavy (non-hydrogen) atoms. The van der Waals surface area contributed by atoms with Gasteiger partial charge in [0.15, 0.2) is 0 Å². The lowest BCUT2D eigenvalue weighted by Gasteiger charge is -2.17. The van der Waals surface area contributed by atoms with Crippen LogP contribution in [0.3, 0.4) is 0 Å². The van der Waals surface area contributed by atoms with Crippen molar-refractivity contribution in [2.75, 3.05) is 0 Å². The van der Waals surface area contributed by atoms with E-state index in [1.165, 1.54) is 0 Å². The number of rotatable bonds is 2. The number of ether oxygens (including phenoxy) is 2. The number of hydrogen-bond donors (Lipinski definition) is 0. The molecular weight excluding hydrogens is 270 g/mol. The van der Waals surface area contributed by atoms with Crippen LogP contribution >= 0.6 is 0 Å². The topological polar surface area (TPSA) is 52.6 Å². The van der Waals surface area contributed by atoms with Crippen molar-refractivity contribution in [2.45, 2.75) is 26.4 Å². The Morgan fingerprint density at radius 2 is 1.85 bits per heavy atom. The van der Waals surface area contributed by atoms with Gasteiger partial charge in [-0.3, -0.25) is 0 Å². The average Bonchev–Trinajstić information content (AvgIpc) is 2.24. The number of carbonyl (C=O) groups is 2. The molecule has 0 aliphatic carbocycles. The maximum absolute atomic E-state index is 13.3. The van der Waals surface area contributed by atoms with Crippen molar-refractivity contribution in [1.29, 1.82) is 0 Å². The summed E-state index contributed by atoms with van der Waals surface area (Å²) in [4.78, 5) is 22.5. The first-order valence-corrected chi connectivity index (χ1v) is 5.75. The van der Waals surface area contributed by atoms with Crippen LogP contribution < -0.4 is 0 Å². The van der Waals surface area contributed by atoms with Crippen molar-refractivity contribution < 1.29 is 27.8 Å². The molecule has 0 N–H and O–H groups in total. The summed E-state index contributed by atoms with van der Waals surface area (Å²) in [6, 6.07) is 2.88. The molecule has 0 amide bonds. The summed E-state index contributed by atoms with van der Waals surface area (Å²) in [7, 11) is 0. The Kier molecular flexibility index (Phi) is 4.96. The summed E-state index contributed by atoms with van der Waals surface area (Å²) in [6.07, 6.45) is 0.772. The van der Waals surface area contributed by atoms with Gasteiger partial charge in [0, 0.05) is 17.7 Å². The molecule has 1 aromatic carbocycles. The maximum atomic E-state index is 13.3. The standard InChI is InChI=1S/C14H14F2O4/c1-14(2,3)20-13(18)19-12(17)7-5-9-4-6-10(15)8-11(9)16/h4-8H,1-3H3/b7-5+. The van der Waals surface area contributed by atoms with E-state index in [1.54, 1.807) is 20.8 Å². The van der Waals surface area contributed by atoms with Gasteiger partial charge in [0.25, 0.3) is 0 Å². The molecule has 0 fully saturated rings. The second kappa shape index (κ2) is 6.27. The third-order valence-corrected chi connectivity index (χ3v) is 1.93. The van der Waals surface area contributed by atoms with Crippen molar-refractivity contribution >= 4 is 18.2 Å². The largest absolute Gasteiger partial charge is 0.516 e. The molecule has 6 heteroatoms. The van der Waals surface area contributed by atoms with Gasteiger partial charge in [0.05, 0.1) is 0 Å². The van der Waals surface area contributed by atoms with Gasteiger partial charge in [-0.15, -0.1) is 0 Å². The molecule has 0 bridgehead atoms. The monoisotopic (exact) mass is 284 g/mol. The van der Waals surface area contributed by atoms with Crippen LogP contribution in [-0.2, 0) is 14.3 Å². The van der Waals surface area contributed by atoms with Gasteiger partial charge in [0.1, 0.15) is 17.2 Å². The van der Waals surface area contributed by atoms with E-state index in [-0.39, 0.29) is 5.56 Å². The highest BCUT2D eigenvalue weighted by Crippen LogP contribution is 2.12. The normalized spacial score (nSPS) is 11.4. The summed E-state index contributed by atoms with van der Waals surface area (Å²) >= 11 is 0. The maximum Gasteiger partial charge on any atom is 0.516 e. The van der Waals surface area contributed by atoms with Gasteiger partial charge < -0.3 is 9.47 Å². The summed E-state index contributed by atoms with van der Waals surface area (Å²) in [5.74, 6) is -2.56. The van der Waals surface area contributed by atoms with E-state index in [9.17, 15) is 18.4 Å². The van der Waals surface area contributed by atoms with Crippen molar-refractivity contribution in [1.82, 2.24) is 0 Å². The molecule has 0 spiro atoms. The van der Waals surface area contributed by atoms with E-state index in [1.807, 2.05) is 0 Å². The molecule has 1 aromatic rings. The van der Waals surface area contributed by atoms with Crippen LogP contribution in [0.4, 0.5) is 13.6 Å². The van der Waals surface area contributed by atoms with Crippen molar-refractivity contribution in [3.8, 4) is 0 Å². The van der Waals surface area contributed by atoms with Crippen molar-refractivity contribution in [3.63, 3.8) is 0 Å². The van der Waals surface area contributed by atoms with E-state index >= 15 is 0 Å². The van der Waals surface area contributed by atoms with Crippen LogP contribution in [0.5, 0.6) is 0 Å². The zero-order valence-electron chi connectivity index (χ0n) is 11.3. The fourth-order valence-electron chi connectivity index (χ4n) is 1.18. The predicted octanol–water partition coefficient (Wildman–Crippen LogP) is 3.46. The molecule has 0 saturated carbocycles. The molecule has 0 aliphatic rings. The highest BCUT2D eigenvalue weighted by atomic mass is 19.1. The SMILES string of the molecule is CC(C)(C)OC(=O)OC(=O)/C=C/c1ccc(F)cc1F. The van der Waals surface area contributed by atoms with E-state index in [0.717, 1.165) is 24.3 Å². The van der Waals surface area contributed by atoms with Crippen molar-refractivity contribution in [2.24, 2.45) is 0 Å². The van der Waals surface area contributed by atoms with Crippen LogP contribution in [0.1, 0.15) is 26.3 Å². The fourth-order valence-corrected chi connectivity index (χ4v) is 1.18. The second-order valence-electron chi connectivity index (χ2n) is 4.88. The molecule has 0 unspecified atom stereocenters. The summed E-state index contributed by atoms with van der Waals surface area (Å²) in [6.45, 7) is 4.84. The highest BCUT2D eigenvalue weighted by molar-refractivity contribution is 5.93. The van der Waals surface area contributed by atoms with E-state index in [0.29, 0.717) is 6.07 Å². The predicted molar refractivity (Wildman–Crippen MR) is 67.7 cm³/mol. The molecule has 0 radical (unpaired) electrons. The number of esters is 1. The lowest BCUT2D eigenvalue weighted by molar-refractivity contribution is -0.135. The van der Waals surface area contributed by atoms with Crippen molar-refractivity contribution in [3.05, 3.63) is 41.5 Å². The molecule has 0 saturated heterocycles. The zero-order chi connectivity index (χ0) is 15.3. The summed E-state index contributed by atoms with van der Waals surface area (Å²) in [5, 5.41) is 0. The van der Waals surface area contributed by atoms with Crippen LogP contribution in [0.15, 0.2) is 24.3 Å². The lowest BCUT2D eigenvalue weighted by Crippen LogP contribution is -2.25. The van der Waals surface area contributed by atoms with Gasteiger partial charge >= 0.3 is 12.1 Å². The molecule has 0 aromatic heterocycles. The fraction of sp³-hybridized carbons (Fsp3) is 0.286. The Morgan fingerprint density at radius 3 is 2.40 bits per heavy atom. The smallest absolute Gasteiger partial charge is 0.428 e. The Hall–Kier alpha value is -2.24. The Labute approximate surface area is 115 Å². The minimum absolute atomic E-state index is 0.00691. The van der Waals surface area contributed by atoms with E-state index in [4.69, 9.17) is 4.74 Å². The van der Waals surface area contributed by atoms with Crippen LogP contribution in [0.2, 0.25) is 0 Å². The van der Waals surface area contributed by atoms with Gasteiger partial charge in [0.2, 0.25) is 0 Å². The summed E-state index contributed by atoms with van der Waals surface area (Å²) < 4.78 is 35.0. The Bertz CT molecular complexity index is 545. The molecule has 0 heterocycles. The first-order valence-electron chi connectivity index (χ1n) is 5.75. The van der Waals surface area contributed by atoms with Gasteiger partial charge in [-0.2, -0.15) is 0 Å². The quantitative estimate of drug-likeness (QED) is 0.474. The Morgan fingerprint density at radius 1 is 1.20 bits per heavy atom. The molecule has 4 nitrogen and oxygen atoms in total. The number of halogens is 2.